The van der Waals surface area contributed by atoms with Crippen molar-refractivity contribution in [1.82, 2.24) is 4.90 Å². The van der Waals surface area contributed by atoms with E-state index in [1.165, 1.54) is 25.1 Å². The second kappa shape index (κ2) is 4.96. The molecule has 0 radical (unpaired) electrons. The lowest BCUT2D eigenvalue weighted by molar-refractivity contribution is 0.203. The van der Waals surface area contributed by atoms with E-state index in [2.05, 4.69) is 39.3 Å². The molecule has 4 heteroatoms. The third-order valence-electron chi connectivity index (χ3n) is 4.16. The molecule has 1 aromatic carbocycles. The SMILES string of the molecule is CC1CN2CCCC2CN1c1ccc(F)cc1I. The number of hydrogen-bond acceptors (Lipinski definition) is 2. The number of fused-ring (bicyclic) bond motifs is 1. The Morgan fingerprint density at radius 3 is 2.94 bits per heavy atom. The van der Waals surface area contributed by atoms with Crippen molar-refractivity contribution in [3.05, 3.63) is 27.6 Å². The van der Waals surface area contributed by atoms with Gasteiger partial charge in [0.2, 0.25) is 0 Å². The summed E-state index contributed by atoms with van der Waals surface area (Å²) < 4.78 is 14.2. The minimum Gasteiger partial charge on any atom is -0.365 e. The Bertz CT molecular complexity index is 451. The number of benzene rings is 1. The van der Waals surface area contributed by atoms with E-state index in [9.17, 15) is 4.39 Å². The van der Waals surface area contributed by atoms with E-state index in [0.717, 1.165) is 16.7 Å². The molecule has 0 N–H and O–H groups in total. The lowest BCUT2D eigenvalue weighted by atomic mass is 10.1. The molecule has 2 aliphatic heterocycles. The molecule has 2 fully saturated rings. The quantitative estimate of drug-likeness (QED) is 0.711. The Morgan fingerprint density at radius 1 is 1.33 bits per heavy atom. The normalized spacial score (nSPS) is 28.5. The van der Waals surface area contributed by atoms with Crippen molar-refractivity contribution in [1.29, 1.82) is 0 Å². The van der Waals surface area contributed by atoms with Crippen LogP contribution < -0.4 is 4.90 Å². The average molecular weight is 360 g/mol. The summed E-state index contributed by atoms with van der Waals surface area (Å²) in [5.41, 5.74) is 1.19. The molecule has 0 aromatic heterocycles. The number of hydrogen-bond donors (Lipinski definition) is 0. The molecule has 2 unspecified atom stereocenters. The fraction of sp³-hybridized carbons (Fsp3) is 0.571. The highest BCUT2D eigenvalue weighted by atomic mass is 127. The van der Waals surface area contributed by atoms with Gasteiger partial charge in [-0.25, -0.2) is 4.39 Å². The van der Waals surface area contributed by atoms with Gasteiger partial charge in [0.15, 0.2) is 0 Å². The Labute approximate surface area is 121 Å². The van der Waals surface area contributed by atoms with Crippen LogP contribution in [0.15, 0.2) is 18.2 Å². The summed E-state index contributed by atoms with van der Waals surface area (Å²) in [7, 11) is 0. The highest BCUT2D eigenvalue weighted by Gasteiger charge is 2.34. The Kier molecular flexibility index (Phi) is 3.49. The number of rotatable bonds is 1. The Hall–Kier alpha value is -0.360. The first-order valence-corrected chi connectivity index (χ1v) is 7.69. The van der Waals surface area contributed by atoms with E-state index in [0.29, 0.717) is 12.1 Å². The van der Waals surface area contributed by atoms with Crippen LogP contribution >= 0.6 is 22.6 Å². The molecule has 1 aromatic rings. The maximum Gasteiger partial charge on any atom is 0.124 e. The fourth-order valence-corrected chi connectivity index (χ4v) is 4.02. The molecule has 0 saturated carbocycles. The van der Waals surface area contributed by atoms with Gasteiger partial charge in [-0.15, -0.1) is 0 Å². The molecular weight excluding hydrogens is 342 g/mol. The number of anilines is 1. The molecule has 0 aliphatic carbocycles. The van der Waals surface area contributed by atoms with Crippen molar-refractivity contribution in [3.8, 4) is 0 Å². The van der Waals surface area contributed by atoms with E-state index in [-0.39, 0.29) is 5.82 Å². The molecule has 2 nitrogen and oxygen atoms in total. The van der Waals surface area contributed by atoms with E-state index < -0.39 is 0 Å². The van der Waals surface area contributed by atoms with Crippen molar-refractivity contribution in [3.63, 3.8) is 0 Å². The van der Waals surface area contributed by atoms with Crippen molar-refractivity contribution >= 4 is 28.3 Å². The third-order valence-corrected chi connectivity index (χ3v) is 5.02. The second-order valence-corrected chi connectivity index (χ2v) is 6.55. The van der Waals surface area contributed by atoms with Crippen LogP contribution in [0, 0.1) is 9.39 Å². The van der Waals surface area contributed by atoms with Gasteiger partial charge >= 0.3 is 0 Å². The van der Waals surface area contributed by atoms with Gasteiger partial charge in [0.05, 0.1) is 5.69 Å². The molecular formula is C14H18FIN2. The Morgan fingerprint density at radius 2 is 2.17 bits per heavy atom. The number of piperazine rings is 1. The van der Waals surface area contributed by atoms with Gasteiger partial charge < -0.3 is 4.90 Å². The molecule has 3 rings (SSSR count). The van der Waals surface area contributed by atoms with Crippen LogP contribution in [0.3, 0.4) is 0 Å². The molecule has 0 amide bonds. The van der Waals surface area contributed by atoms with Crippen LogP contribution in [-0.2, 0) is 0 Å². The predicted molar refractivity (Wildman–Crippen MR) is 80.5 cm³/mol. The smallest absolute Gasteiger partial charge is 0.124 e. The van der Waals surface area contributed by atoms with E-state index in [4.69, 9.17) is 0 Å². The third kappa shape index (κ3) is 2.25. The summed E-state index contributed by atoms with van der Waals surface area (Å²) in [6, 6.07) is 6.34. The first-order valence-electron chi connectivity index (χ1n) is 6.61. The van der Waals surface area contributed by atoms with Gasteiger partial charge in [-0.05, 0) is 67.1 Å². The van der Waals surface area contributed by atoms with Crippen LogP contribution in [0.2, 0.25) is 0 Å². The van der Waals surface area contributed by atoms with Crippen molar-refractivity contribution in [2.24, 2.45) is 0 Å². The monoisotopic (exact) mass is 360 g/mol. The molecule has 18 heavy (non-hydrogen) atoms. The largest absolute Gasteiger partial charge is 0.365 e. The standard InChI is InChI=1S/C14H18FIN2/c1-10-8-17-6-2-3-12(17)9-18(10)14-5-4-11(15)7-13(14)16/h4-5,7,10,12H,2-3,6,8-9H2,1H3. The lowest BCUT2D eigenvalue weighted by Crippen LogP contribution is -2.55. The summed E-state index contributed by atoms with van der Waals surface area (Å²) in [6.45, 7) is 5.75. The van der Waals surface area contributed by atoms with E-state index >= 15 is 0 Å². The van der Waals surface area contributed by atoms with Gasteiger partial charge in [0, 0.05) is 28.7 Å². The molecule has 2 saturated heterocycles. The molecule has 2 atom stereocenters. The van der Waals surface area contributed by atoms with Crippen LogP contribution in [0.1, 0.15) is 19.8 Å². The van der Waals surface area contributed by atoms with Gasteiger partial charge in [-0.2, -0.15) is 0 Å². The van der Waals surface area contributed by atoms with E-state index in [1.54, 1.807) is 12.1 Å². The fourth-order valence-electron chi connectivity index (χ4n) is 3.24. The second-order valence-electron chi connectivity index (χ2n) is 5.39. The highest BCUT2D eigenvalue weighted by Crippen LogP contribution is 2.31. The maximum atomic E-state index is 13.2. The zero-order valence-corrected chi connectivity index (χ0v) is 12.7. The summed E-state index contributed by atoms with van der Waals surface area (Å²) >= 11 is 2.24. The van der Waals surface area contributed by atoms with Gasteiger partial charge in [0.25, 0.3) is 0 Å². The zero-order valence-electron chi connectivity index (χ0n) is 10.6. The van der Waals surface area contributed by atoms with Crippen molar-refractivity contribution in [2.45, 2.75) is 31.8 Å². The molecule has 2 heterocycles. The first kappa shape index (κ1) is 12.7. The van der Waals surface area contributed by atoms with Gasteiger partial charge in [0.1, 0.15) is 5.82 Å². The Balaban J connectivity index is 1.86. The highest BCUT2D eigenvalue weighted by molar-refractivity contribution is 14.1. The van der Waals surface area contributed by atoms with Gasteiger partial charge in [-0.1, -0.05) is 0 Å². The molecule has 2 aliphatic rings. The summed E-state index contributed by atoms with van der Waals surface area (Å²) in [6.07, 6.45) is 2.63. The topological polar surface area (TPSA) is 6.48 Å². The average Bonchev–Trinajstić information content (AvgIpc) is 2.75. The maximum absolute atomic E-state index is 13.2. The van der Waals surface area contributed by atoms with Crippen LogP contribution in [-0.4, -0.2) is 36.6 Å². The molecule has 0 bridgehead atoms. The zero-order chi connectivity index (χ0) is 12.7. The summed E-state index contributed by atoms with van der Waals surface area (Å²) in [4.78, 5) is 5.06. The van der Waals surface area contributed by atoms with Crippen LogP contribution in [0.25, 0.3) is 0 Å². The predicted octanol–water partition coefficient (Wildman–Crippen LogP) is 3.10. The van der Waals surface area contributed by atoms with Crippen LogP contribution in [0.5, 0.6) is 0 Å². The molecule has 0 spiro atoms. The van der Waals surface area contributed by atoms with Crippen molar-refractivity contribution < 1.29 is 4.39 Å². The lowest BCUT2D eigenvalue weighted by Gasteiger charge is -2.44. The van der Waals surface area contributed by atoms with Crippen molar-refractivity contribution in [2.75, 3.05) is 24.5 Å². The van der Waals surface area contributed by atoms with E-state index in [1.807, 2.05) is 6.07 Å². The minimum absolute atomic E-state index is 0.143. The summed E-state index contributed by atoms with van der Waals surface area (Å²) in [5, 5.41) is 0. The molecule has 98 valence electrons. The van der Waals surface area contributed by atoms with Gasteiger partial charge in [-0.3, -0.25) is 4.90 Å². The number of halogens is 2. The first-order chi connectivity index (χ1) is 8.65. The van der Waals surface area contributed by atoms with Crippen LogP contribution in [0.4, 0.5) is 10.1 Å². The summed E-state index contributed by atoms with van der Waals surface area (Å²) in [5.74, 6) is -0.143. The number of nitrogens with zero attached hydrogens (tertiary/aromatic N) is 2. The minimum atomic E-state index is -0.143.